The molecule has 0 bridgehead atoms. The molecule has 0 aliphatic heterocycles. The van der Waals surface area contributed by atoms with E-state index in [0.717, 1.165) is 29.5 Å². The molecule has 35 heavy (non-hydrogen) atoms. The Morgan fingerprint density at radius 3 is 2.17 bits per heavy atom. The maximum absolute atomic E-state index is 13.7. The van der Waals surface area contributed by atoms with E-state index in [0.29, 0.717) is 30.8 Å². The van der Waals surface area contributed by atoms with Gasteiger partial charge in [-0.2, -0.15) is 0 Å². The van der Waals surface area contributed by atoms with Crippen molar-refractivity contribution >= 4 is 23.4 Å². The summed E-state index contributed by atoms with van der Waals surface area (Å²) in [5.41, 5.74) is 4.23. The van der Waals surface area contributed by atoms with Crippen LogP contribution in [0.25, 0.3) is 0 Å². The van der Waals surface area contributed by atoms with Gasteiger partial charge in [0.05, 0.1) is 0 Å². The number of hydrogen-bond acceptors (Lipinski definition) is 2. The highest BCUT2D eigenvalue weighted by atomic mass is 35.5. The predicted octanol–water partition coefficient (Wildman–Crippen LogP) is 6.00. The lowest BCUT2D eigenvalue weighted by molar-refractivity contribution is -0.141. The van der Waals surface area contributed by atoms with Gasteiger partial charge in [0.15, 0.2) is 0 Å². The largest absolute Gasteiger partial charge is 0.354 e. The Balaban J connectivity index is 1.88. The van der Waals surface area contributed by atoms with Crippen molar-refractivity contribution in [3.05, 3.63) is 106 Å². The number of nitrogens with one attached hydrogen (secondary N) is 1. The first-order valence-electron chi connectivity index (χ1n) is 12.4. The number of amides is 2. The third-order valence-corrected chi connectivity index (χ3v) is 6.55. The van der Waals surface area contributed by atoms with E-state index in [4.69, 9.17) is 11.6 Å². The molecule has 3 aromatic carbocycles. The molecular formula is C30H35ClN2O2. The van der Waals surface area contributed by atoms with Gasteiger partial charge in [-0.05, 0) is 47.6 Å². The summed E-state index contributed by atoms with van der Waals surface area (Å²) >= 11 is 6.46. The molecule has 0 saturated heterocycles. The van der Waals surface area contributed by atoms with Crippen molar-refractivity contribution in [1.82, 2.24) is 10.2 Å². The number of nitrogens with zero attached hydrogens (tertiary/aromatic N) is 1. The average Bonchev–Trinajstić information content (AvgIpc) is 2.89. The van der Waals surface area contributed by atoms with Crippen LogP contribution in [0.5, 0.6) is 0 Å². The molecule has 1 atom stereocenters. The van der Waals surface area contributed by atoms with Gasteiger partial charge in [0.1, 0.15) is 6.04 Å². The van der Waals surface area contributed by atoms with Crippen LogP contribution in [0.15, 0.2) is 78.9 Å². The number of halogens is 1. The van der Waals surface area contributed by atoms with Crippen molar-refractivity contribution in [3.63, 3.8) is 0 Å². The Bertz CT molecular complexity index is 1080. The summed E-state index contributed by atoms with van der Waals surface area (Å²) in [4.78, 5) is 28.7. The second-order valence-corrected chi connectivity index (χ2v) is 9.19. The molecule has 184 valence electrons. The zero-order valence-corrected chi connectivity index (χ0v) is 21.4. The molecular weight excluding hydrogens is 456 g/mol. The number of carbonyl (C=O) groups excluding carboxylic acids is 2. The maximum atomic E-state index is 13.7. The highest BCUT2D eigenvalue weighted by Crippen LogP contribution is 2.21. The Morgan fingerprint density at radius 1 is 0.857 bits per heavy atom. The van der Waals surface area contributed by atoms with Crippen LogP contribution in [0.1, 0.15) is 48.9 Å². The summed E-state index contributed by atoms with van der Waals surface area (Å²) in [7, 11) is 0. The quantitative estimate of drug-likeness (QED) is 0.338. The Morgan fingerprint density at radius 2 is 1.51 bits per heavy atom. The molecule has 3 aromatic rings. The fourth-order valence-electron chi connectivity index (χ4n) is 4.07. The van der Waals surface area contributed by atoms with E-state index in [9.17, 15) is 9.59 Å². The van der Waals surface area contributed by atoms with Crippen LogP contribution < -0.4 is 5.32 Å². The van der Waals surface area contributed by atoms with Crippen LogP contribution in [-0.4, -0.2) is 29.3 Å². The molecule has 2 amide bonds. The monoisotopic (exact) mass is 490 g/mol. The summed E-state index contributed by atoms with van der Waals surface area (Å²) in [5.74, 6) is -0.194. The van der Waals surface area contributed by atoms with Crippen LogP contribution in [-0.2, 0) is 35.4 Å². The molecule has 0 fully saturated rings. The van der Waals surface area contributed by atoms with Crippen LogP contribution in [0, 0.1) is 0 Å². The zero-order valence-electron chi connectivity index (χ0n) is 20.7. The lowest BCUT2D eigenvalue weighted by Crippen LogP contribution is -2.50. The van der Waals surface area contributed by atoms with Gasteiger partial charge in [0, 0.05) is 31.0 Å². The van der Waals surface area contributed by atoms with Gasteiger partial charge in [-0.15, -0.1) is 0 Å². The minimum Gasteiger partial charge on any atom is -0.354 e. The second-order valence-electron chi connectivity index (χ2n) is 8.78. The van der Waals surface area contributed by atoms with Gasteiger partial charge in [-0.25, -0.2) is 0 Å². The van der Waals surface area contributed by atoms with E-state index in [1.165, 1.54) is 5.56 Å². The van der Waals surface area contributed by atoms with Crippen molar-refractivity contribution in [2.24, 2.45) is 0 Å². The second kappa shape index (κ2) is 13.7. The molecule has 0 saturated carbocycles. The van der Waals surface area contributed by atoms with Gasteiger partial charge in [-0.1, -0.05) is 98.2 Å². The molecule has 0 unspecified atom stereocenters. The van der Waals surface area contributed by atoms with E-state index in [1.807, 2.05) is 61.5 Å². The Hall–Kier alpha value is -3.11. The molecule has 1 N–H and O–H groups in total. The minimum absolute atomic E-state index is 0.0583. The molecule has 0 aliphatic carbocycles. The highest BCUT2D eigenvalue weighted by molar-refractivity contribution is 6.31. The molecule has 0 aromatic heterocycles. The predicted molar refractivity (Wildman–Crippen MR) is 143 cm³/mol. The molecule has 0 aliphatic rings. The molecule has 0 heterocycles. The smallest absolute Gasteiger partial charge is 0.243 e. The molecule has 3 rings (SSSR count). The summed E-state index contributed by atoms with van der Waals surface area (Å²) < 4.78 is 0. The first-order valence-corrected chi connectivity index (χ1v) is 12.8. The van der Waals surface area contributed by atoms with E-state index < -0.39 is 6.04 Å². The van der Waals surface area contributed by atoms with Gasteiger partial charge < -0.3 is 10.2 Å². The molecule has 0 spiro atoms. The number of aryl methyl sites for hydroxylation is 2. The maximum Gasteiger partial charge on any atom is 0.243 e. The summed E-state index contributed by atoms with van der Waals surface area (Å²) in [6, 6.07) is 25.1. The van der Waals surface area contributed by atoms with Crippen LogP contribution in [0.3, 0.4) is 0 Å². The number of benzene rings is 3. The fraction of sp³-hybridized carbons (Fsp3) is 0.333. The van der Waals surface area contributed by atoms with Crippen LogP contribution >= 0.6 is 11.6 Å². The minimum atomic E-state index is -0.629. The third-order valence-electron chi connectivity index (χ3n) is 6.18. The van der Waals surface area contributed by atoms with Crippen LogP contribution in [0.4, 0.5) is 0 Å². The Kier molecular flexibility index (Phi) is 10.4. The van der Waals surface area contributed by atoms with E-state index >= 15 is 0 Å². The van der Waals surface area contributed by atoms with Gasteiger partial charge in [-0.3, -0.25) is 9.59 Å². The van der Waals surface area contributed by atoms with Gasteiger partial charge in [0.2, 0.25) is 11.8 Å². The number of hydrogen-bond donors (Lipinski definition) is 1. The Labute approximate surface area is 214 Å². The molecule has 4 nitrogen and oxygen atoms in total. The van der Waals surface area contributed by atoms with E-state index in [-0.39, 0.29) is 18.4 Å². The standard InChI is InChI=1S/C30H35ClN2O2/c1-3-20-32-30(35)28(21-25-10-6-5-7-11-25)33(22-26-12-8-9-13-27(26)31)29(34)19-18-24-16-14-23(4-2)15-17-24/h5-17,28H,3-4,18-22H2,1-2H3,(H,32,35)/t28-/m0/s1. The first kappa shape index (κ1) is 26.5. The first-order chi connectivity index (χ1) is 17.0. The lowest BCUT2D eigenvalue weighted by atomic mass is 10.0. The van der Waals surface area contributed by atoms with Crippen molar-refractivity contribution in [2.45, 2.75) is 58.5 Å². The van der Waals surface area contributed by atoms with Crippen molar-refractivity contribution < 1.29 is 9.59 Å². The van der Waals surface area contributed by atoms with Crippen LogP contribution in [0.2, 0.25) is 5.02 Å². The van der Waals surface area contributed by atoms with Crippen molar-refractivity contribution in [1.29, 1.82) is 0 Å². The number of rotatable bonds is 12. The topological polar surface area (TPSA) is 49.4 Å². The zero-order chi connectivity index (χ0) is 25.0. The van der Waals surface area contributed by atoms with E-state index in [1.54, 1.807) is 4.90 Å². The average molecular weight is 491 g/mol. The third kappa shape index (κ3) is 7.97. The van der Waals surface area contributed by atoms with Crippen molar-refractivity contribution in [3.8, 4) is 0 Å². The summed E-state index contributed by atoms with van der Waals surface area (Å²) in [6.45, 7) is 5.00. The van der Waals surface area contributed by atoms with E-state index in [2.05, 4.69) is 36.5 Å². The van der Waals surface area contributed by atoms with Gasteiger partial charge in [0.25, 0.3) is 0 Å². The SMILES string of the molecule is CCCNC(=O)[C@H](Cc1ccccc1)N(Cc1ccccc1Cl)C(=O)CCc1ccc(CC)cc1. The summed E-state index contributed by atoms with van der Waals surface area (Å²) in [5, 5.41) is 3.60. The fourth-order valence-corrected chi connectivity index (χ4v) is 4.26. The van der Waals surface area contributed by atoms with Crippen molar-refractivity contribution in [2.75, 3.05) is 6.54 Å². The lowest BCUT2D eigenvalue weighted by Gasteiger charge is -2.32. The molecule has 0 radical (unpaired) electrons. The number of carbonyl (C=O) groups is 2. The van der Waals surface area contributed by atoms with Gasteiger partial charge >= 0.3 is 0 Å². The normalized spacial score (nSPS) is 11.6. The summed E-state index contributed by atoms with van der Waals surface area (Å²) in [6.07, 6.45) is 3.20. The molecule has 5 heteroatoms. The highest BCUT2D eigenvalue weighted by Gasteiger charge is 2.30.